The predicted molar refractivity (Wildman–Crippen MR) is 112 cm³/mol. The SMILES string of the molecule is CCC1CCCC(NC(=NCc2nnc(C)n2C)NCCc2cccs2)C1. The van der Waals surface area contributed by atoms with Gasteiger partial charge in [-0.05, 0) is 43.6 Å². The summed E-state index contributed by atoms with van der Waals surface area (Å²) >= 11 is 1.81. The van der Waals surface area contributed by atoms with Gasteiger partial charge in [-0.1, -0.05) is 32.3 Å². The summed E-state index contributed by atoms with van der Waals surface area (Å²) in [6.45, 7) is 5.69. The van der Waals surface area contributed by atoms with Crippen LogP contribution < -0.4 is 10.6 Å². The van der Waals surface area contributed by atoms with Crippen LogP contribution in [0.4, 0.5) is 0 Å². The van der Waals surface area contributed by atoms with Gasteiger partial charge < -0.3 is 15.2 Å². The smallest absolute Gasteiger partial charge is 0.191 e. The lowest BCUT2D eigenvalue weighted by molar-refractivity contribution is 0.298. The molecule has 1 fully saturated rings. The molecule has 0 saturated heterocycles. The summed E-state index contributed by atoms with van der Waals surface area (Å²) in [4.78, 5) is 6.20. The third-order valence-electron chi connectivity index (χ3n) is 5.51. The van der Waals surface area contributed by atoms with E-state index in [0.29, 0.717) is 12.6 Å². The van der Waals surface area contributed by atoms with Crippen LogP contribution in [0.15, 0.2) is 22.5 Å². The highest BCUT2D eigenvalue weighted by Crippen LogP contribution is 2.26. The fraction of sp³-hybridized carbons (Fsp3) is 0.650. The van der Waals surface area contributed by atoms with Crippen molar-refractivity contribution >= 4 is 17.3 Å². The number of rotatable bonds is 7. The van der Waals surface area contributed by atoms with Crippen molar-refractivity contribution < 1.29 is 0 Å². The molecule has 1 aliphatic rings. The molecule has 2 aromatic heterocycles. The minimum atomic E-state index is 0.512. The number of aryl methyl sites for hydroxylation is 1. The molecule has 2 heterocycles. The van der Waals surface area contributed by atoms with Crippen LogP contribution >= 0.6 is 11.3 Å². The third-order valence-corrected chi connectivity index (χ3v) is 6.44. The highest BCUT2D eigenvalue weighted by Gasteiger charge is 2.21. The van der Waals surface area contributed by atoms with Crippen molar-refractivity contribution in [2.24, 2.45) is 18.0 Å². The second kappa shape index (κ2) is 9.88. The summed E-state index contributed by atoms with van der Waals surface area (Å²) in [5, 5.41) is 17.7. The molecule has 0 spiro atoms. The minimum absolute atomic E-state index is 0.512. The molecular weight excluding hydrogens is 356 g/mol. The number of thiophene rings is 1. The van der Waals surface area contributed by atoms with Gasteiger partial charge in [0.05, 0.1) is 0 Å². The molecule has 0 aliphatic heterocycles. The Hall–Kier alpha value is -1.89. The van der Waals surface area contributed by atoms with E-state index in [-0.39, 0.29) is 0 Å². The number of hydrogen-bond donors (Lipinski definition) is 2. The van der Waals surface area contributed by atoms with Crippen molar-refractivity contribution in [2.75, 3.05) is 6.54 Å². The first kappa shape index (κ1) is 19.9. The van der Waals surface area contributed by atoms with E-state index in [1.807, 2.05) is 18.5 Å². The lowest BCUT2D eigenvalue weighted by atomic mass is 9.84. The lowest BCUT2D eigenvalue weighted by Crippen LogP contribution is -2.45. The normalized spacial score (nSPS) is 20.6. The molecule has 2 aromatic rings. The van der Waals surface area contributed by atoms with Gasteiger partial charge in [0.2, 0.25) is 0 Å². The van der Waals surface area contributed by atoms with Crippen molar-refractivity contribution in [3.8, 4) is 0 Å². The maximum Gasteiger partial charge on any atom is 0.191 e. The number of aliphatic imine (C=N–C) groups is 1. The summed E-state index contributed by atoms with van der Waals surface area (Å²) in [5.41, 5.74) is 0. The molecule has 0 amide bonds. The van der Waals surface area contributed by atoms with E-state index >= 15 is 0 Å². The summed E-state index contributed by atoms with van der Waals surface area (Å²) in [6.07, 6.45) is 7.43. The molecule has 2 N–H and O–H groups in total. The Morgan fingerprint density at radius 2 is 2.26 bits per heavy atom. The van der Waals surface area contributed by atoms with Gasteiger partial charge in [-0.3, -0.25) is 0 Å². The van der Waals surface area contributed by atoms with E-state index in [4.69, 9.17) is 4.99 Å². The standard InChI is InChI=1S/C20H32N6S/c1-4-16-7-5-8-17(13-16)23-20(21-11-10-18-9-6-12-27-18)22-14-19-25-24-15(2)26(19)3/h6,9,12,16-17H,4-5,7-8,10-11,13-14H2,1-3H3,(H2,21,22,23). The molecular formula is C20H32N6S. The van der Waals surface area contributed by atoms with Gasteiger partial charge in [0.15, 0.2) is 11.8 Å². The molecule has 1 saturated carbocycles. The predicted octanol–water partition coefficient (Wildman–Crippen LogP) is 3.43. The van der Waals surface area contributed by atoms with E-state index in [1.165, 1.54) is 37.0 Å². The van der Waals surface area contributed by atoms with E-state index in [2.05, 4.69) is 45.3 Å². The van der Waals surface area contributed by atoms with Gasteiger partial charge in [0, 0.05) is 24.5 Å². The zero-order chi connectivity index (χ0) is 19.1. The summed E-state index contributed by atoms with van der Waals surface area (Å²) in [6, 6.07) is 4.81. The molecule has 2 atom stereocenters. The van der Waals surface area contributed by atoms with Crippen LogP contribution in [0.3, 0.4) is 0 Å². The molecule has 148 valence electrons. The van der Waals surface area contributed by atoms with Crippen molar-refractivity contribution in [1.29, 1.82) is 0 Å². The lowest BCUT2D eigenvalue weighted by Gasteiger charge is -2.30. The Bertz CT molecular complexity index is 721. The first-order valence-electron chi connectivity index (χ1n) is 10.1. The minimum Gasteiger partial charge on any atom is -0.356 e. The molecule has 1 aliphatic carbocycles. The summed E-state index contributed by atoms with van der Waals surface area (Å²) in [7, 11) is 1.99. The molecule has 27 heavy (non-hydrogen) atoms. The molecule has 0 aromatic carbocycles. The van der Waals surface area contributed by atoms with Crippen LogP contribution in [0, 0.1) is 12.8 Å². The first-order chi connectivity index (χ1) is 13.2. The van der Waals surface area contributed by atoms with Crippen LogP contribution in [0.2, 0.25) is 0 Å². The van der Waals surface area contributed by atoms with Crippen LogP contribution in [-0.4, -0.2) is 33.3 Å². The molecule has 0 radical (unpaired) electrons. The largest absolute Gasteiger partial charge is 0.356 e. The van der Waals surface area contributed by atoms with E-state index in [1.54, 1.807) is 11.3 Å². The van der Waals surface area contributed by atoms with E-state index < -0.39 is 0 Å². The second-order valence-corrected chi connectivity index (χ2v) is 8.46. The Kier molecular flexibility index (Phi) is 7.26. The number of aromatic nitrogens is 3. The first-order valence-corrected chi connectivity index (χ1v) is 11.0. The highest BCUT2D eigenvalue weighted by atomic mass is 32.1. The van der Waals surface area contributed by atoms with Crippen LogP contribution in [0.1, 0.15) is 55.6 Å². The van der Waals surface area contributed by atoms with Crippen LogP contribution in [0.5, 0.6) is 0 Å². The van der Waals surface area contributed by atoms with Crippen molar-refractivity contribution in [2.45, 2.75) is 65.0 Å². The topological polar surface area (TPSA) is 67.1 Å². The molecule has 7 heteroatoms. The van der Waals surface area contributed by atoms with E-state index in [0.717, 1.165) is 36.5 Å². The Balaban J connectivity index is 1.61. The number of nitrogens with one attached hydrogen (secondary N) is 2. The van der Waals surface area contributed by atoms with Crippen molar-refractivity contribution in [3.63, 3.8) is 0 Å². The Morgan fingerprint density at radius 3 is 2.96 bits per heavy atom. The highest BCUT2D eigenvalue weighted by molar-refractivity contribution is 7.09. The van der Waals surface area contributed by atoms with Gasteiger partial charge in [0.25, 0.3) is 0 Å². The average Bonchev–Trinajstić information content (AvgIpc) is 3.31. The average molecular weight is 389 g/mol. The van der Waals surface area contributed by atoms with Gasteiger partial charge in [-0.2, -0.15) is 0 Å². The van der Waals surface area contributed by atoms with Crippen molar-refractivity contribution in [1.82, 2.24) is 25.4 Å². The maximum atomic E-state index is 4.81. The Morgan fingerprint density at radius 1 is 1.37 bits per heavy atom. The van der Waals surface area contributed by atoms with Crippen LogP contribution in [0.25, 0.3) is 0 Å². The number of hydrogen-bond acceptors (Lipinski definition) is 4. The molecule has 3 rings (SSSR count). The van der Waals surface area contributed by atoms with Gasteiger partial charge in [-0.25, -0.2) is 4.99 Å². The summed E-state index contributed by atoms with van der Waals surface area (Å²) in [5.74, 6) is 3.54. The fourth-order valence-corrected chi connectivity index (χ4v) is 4.35. The van der Waals surface area contributed by atoms with Gasteiger partial charge in [-0.15, -0.1) is 21.5 Å². The summed E-state index contributed by atoms with van der Waals surface area (Å²) < 4.78 is 2.00. The zero-order valence-electron chi connectivity index (χ0n) is 16.7. The zero-order valence-corrected chi connectivity index (χ0v) is 17.6. The molecule has 2 unspecified atom stereocenters. The van der Waals surface area contributed by atoms with Crippen molar-refractivity contribution in [3.05, 3.63) is 34.0 Å². The second-order valence-electron chi connectivity index (χ2n) is 7.43. The fourth-order valence-electron chi connectivity index (χ4n) is 3.64. The third kappa shape index (κ3) is 5.79. The van der Waals surface area contributed by atoms with E-state index in [9.17, 15) is 0 Å². The quantitative estimate of drug-likeness (QED) is 0.563. The molecule has 6 nitrogen and oxygen atoms in total. The maximum absolute atomic E-state index is 4.81. The van der Waals surface area contributed by atoms with Gasteiger partial charge in [0.1, 0.15) is 12.4 Å². The van der Waals surface area contributed by atoms with Gasteiger partial charge >= 0.3 is 0 Å². The monoisotopic (exact) mass is 388 g/mol. The number of nitrogens with zero attached hydrogens (tertiary/aromatic N) is 4. The number of guanidine groups is 1. The Labute approximate surface area is 166 Å². The molecule has 0 bridgehead atoms. The van der Waals surface area contributed by atoms with Crippen LogP contribution in [-0.2, 0) is 20.0 Å².